The summed E-state index contributed by atoms with van der Waals surface area (Å²) in [5, 5.41) is 9.28. The number of fused-ring (bicyclic) bond motifs is 1. The van der Waals surface area contributed by atoms with Gasteiger partial charge >= 0.3 is 5.97 Å². The predicted octanol–water partition coefficient (Wildman–Crippen LogP) is 4.27. The smallest absolute Gasteiger partial charge is 0.303 e. The van der Waals surface area contributed by atoms with Crippen LogP contribution in [0.1, 0.15) is 18.4 Å². The first-order chi connectivity index (χ1) is 14.5. The summed E-state index contributed by atoms with van der Waals surface area (Å²) in [6.07, 6.45) is 4.28. The average Bonchev–Trinajstić information content (AvgIpc) is 3.28. The van der Waals surface area contributed by atoms with Crippen LogP contribution < -0.4 is 10.2 Å². The van der Waals surface area contributed by atoms with Gasteiger partial charge in [0.25, 0.3) is 0 Å². The minimum absolute atomic E-state index is 0.114. The SMILES string of the molecule is COc1cc2[nH]c(-c3ccc(CCCC(=O)O)cc3)cc(=O)c2cc1-c1cocn1. The van der Waals surface area contributed by atoms with E-state index in [-0.39, 0.29) is 11.8 Å². The number of carbonyl (C=O) groups is 1. The lowest BCUT2D eigenvalue weighted by Crippen LogP contribution is -2.04. The third kappa shape index (κ3) is 3.96. The third-order valence-electron chi connectivity index (χ3n) is 4.98. The van der Waals surface area contributed by atoms with E-state index in [4.69, 9.17) is 14.3 Å². The van der Waals surface area contributed by atoms with Crippen molar-refractivity contribution in [3.05, 3.63) is 70.9 Å². The number of pyridine rings is 1. The van der Waals surface area contributed by atoms with Crippen LogP contribution in [0.5, 0.6) is 5.75 Å². The van der Waals surface area contributed by atoms with E-state index in [1.54, 1.807) is 25.3 Å². The molecule has 2 heterocycles. The number of aromatic amines is 1. The Hall–Kier alpha value is -3.87. The Balaban J connectivity index is 1.68. The molecule has 0 amide bonds. The molecule has 0 aliphatic heterocycles. The summed E-state index contributed by atoms with van der Waals surface area (Å²) in [6.45, 7) is 0. The molecular formula is C23H20N2O5. The lowest BCUT2D eigenvalue weighted by Gasteiger charge is -2.10. The Kier molecular flexibility index (Phi) is 5.34. The summed E-state index contributed by atoms with van der Waals surface area (Å²) in [5.74, 6) is -0.208. The summed E-state index contributed by atoms with van der Waals surface area (Å²) in [6, 6.07) is 12.9. The van der Waals surface area contributed by atoms with Crippen LogP contribution >= 0.6 is 0 Å². The molecule has 0 aliphatic rings. The fourth-order valence-corrected chi connectivity index (χ4v) is 3.44. The standard InChI is InChI=1S/C23H20N2O5/c1-29-22-11-19-16(9-17(22)20-12-30-13-24-20)21(26)10-18(25-19)15-7-5-14(6-8-15)3-2-4-23(27)28/h5-13H,2-4H2,1H3,(H,25,26)(H,27,28). The van der Waals surface area contributed by atoms with Crippen LogP contribution in [0.4, 0.5) is 0 Å². The average molecular weight is 404 g/mol. The number of oxazole rings is 1. The number of aliphatic carboxylic acids is 1. The molecule has 2 N–H and O–H groups in total. The Labute approximate surface area is 172 Å². The number of aryl methyl sites for hydroxylation is 1. The Morgan fingerprint density at radius 3 is 2.67 bits per heavy atom. The van der Waals surface area contributed by atoms with E-state index in [9.17, 15) is 9.59 Å². The molecule has 2 aromatic carbocycles. The van der Waals surface area contributed by atoms with Gasteiger partial charge in [-0.05, 0) is 30.0 Å². The zero-order valence-electron chi connectivity index (χ0n) is 16.3. The third-order valence-corrected chi connectivity index (χ3v) is 4.98. The summed E-state index contributed by atoms with van der Waals surface area (Å²) < 4.78 is 10.5. The molecule has 0 bridgehead atoms. The van der Waals surface area contributed by atoms with Crippen LogP contribution in [-0.2, 0) is 11.2 Å². The van der Waals surface area contributed by atoms with Gasteiger partial charge in [0.05, 0.1) is 12.6 Å². The number of methoxy groups -OCH3 is 1. The van der Waals surface area contributed by atoms with Gasteiger partial charge in [0.15, 0.2) is 11.8 Å². The highest BCUT2D eigenvalue weighted by atomic mass is 16.5. The van der Waals surface area contributed by atoms with Crippen molar-refractivity contribution in [2.75, 3.05) is 7.11 Å². The lowest BCUT2D eigenvalue weighted by atomic mass is 10.0. The number of hydrogen-bond donors (Lipinski definition) is 2. The number of hydrogen-bond acceptors (Lipinski definition) is 5. The quantitative estimate of drug-likeness (QED) is 0.477. The van der Waals surface area contributed by atoms with E-state index < -0.39 is 5.97 Å². The second kappa shape index (κ2) is 8.24. The highest BCUT2D eigenvalue weighted by Gasteiger charge is 2.13. The van der Waals surface area contributed by atoms with Crippen LogP contribution in [0.15, 0.2) is 64.3 Å². The van der Waals surface area contributed by atoms with E-state index in [0.29, 0.717) is 46.4 Å². The maximum absolute atomic E-state index is 12.8. The number of aromatic nitrogens is 2. The molecule has 0 unspecified atom stereocenters. The molecule has 7 heteroatoms. The second-order valence-corrected chi connectivity index (χ2v) is 6.96. The van der Waals surface area contributed by atoms with Gasteiger partial charge in [-0.25, -0.2) is 4.98 Å². The van der Waals surface area contributed by atoms with E-state index in [1.165, 1.54) is 12.7 Å². The van der Waals surface area contributed by atoms with Crippen molar-refractivity contribution in [1.29, 1.82) is 0 Å². The molecular weight excluding hydrogens is 384 g/mol. The molecule has 0 radical (unpaired) electrons. The molecule has 2 aromatic heterocycles. The molecule has 0 saturated heterocycles. The van der Waals surface area contributed by atoms with Gasteiger partial charge < -0.3 is 19.2 Å². The zero-order valence-corrected chi connectivity index (χ0v) is 16.3. The minimum atomic E-state index is -0.789. The number of nitrogens with zero attached hydrogens (tertiary/aromatic N) is 1. The number of benzene rings is 2. The maximum Gasteiger partial charge on any atom is 0.303 e. The maximum atomic E-state index is 12.8. The highest BCUT2D eigenvalue weighted by molar-refractivity contribution is 5.88. The largest absolute Gasteiger partial charge is 0.496 e. The summed E-state index contributed by atoms with van der Waals surface area (Å²) in [4.78, 5) is 30.9. The normalized spacial score (nSPS) is 11.0. The van der Waals surface area contributed by atoms with Gasteiger partial charge in [-0.3, -0.25) is 9.59 Å². The van der Waals surface area contributed by atoms with Crippen molar-refractivity contribution in [2.45, 2.75) is 19.3 Å². The number of rotatable bonds is 7. The van der Waals surface area contributed by atoms with Crippen LogP contribution in [0.2, 0.25) is 0 Å². The van der Waals surface area contributed by atoms with Crippen molar-refractivity contribution in [1.82, 2.24) is 9.97 Å². The minimum Gasteiger partial charge on any atom is -0.496 e. The Morgan fingerprint density at radius 2 is 2.00 bits per heavy atom. The number of nitrogens with one attached hydrogen (secondary N) is 1. The Morgan fingerprint density at radius 1 is 1.20 bits per heavy atom. The summed E-state index contributed by atoms with van der Waals surface area (Å²) in [7, 11) is 1.57. The van der Waals surface area contributed by atoms with E-state index in [0.717, 1.165) is 11.1 Å². The van der Waals surface area contributed by atoms with Crippen LogP contribution in [0, 0.1) is 0 Å². The van der Waals surface area contributed by atoms with Crippen LogP contribution in [0.3, 0.4) is 0 Å². The van der Waals surface area contributed by atoms with Gasteiger partial charge in [-0.15, -0.1) is 0 Å². The van der Waals surface area contributed by atoms with Gasteiger partial charge in [0, 0.05) is 35.2 Å². The molecule has 30 heavy (non-hydrogen) atoms. The molecule has 0 saturated carbocycles. The fourth-order valence-electron chi connectivity index (χ4n) is 3.44. The molecule has 0 spiro atoms. The first-order valence-corrected chi connectivity index (χ1v) is 9.50. The second-order valence-electron chi connectivity index (χ2n) is 6.96. The van der Waals surface area contributed by atoms with Gasteiger partial charge in [-0.1, -0.05) is 24.3 Å². The molecule has 0 fully saturated rings. The van der Waals surface area contributed by atoms with E-state index in [1.807, 2.05) is 24.3 Å². The van der Waals surface area contributed by atoms with Crippen molar-refractivity contribution in [3.8, 4) is 28.3 Å². The molecule has 7 nitrogen and oxygen atoms in total. The molecule has 4 rings (SSSR count). The molecule has 0 atom stereocenters. The van der Waals surface area contributed by atoms with Crippen LogP contribution in [-0.4, -0.2) is 28.2 Å². The first-order valence-electron chi connectivity index (χ1n) is 9.50. The summed E-state index contributed by atoms with van der Waals surface area (Å²) in [5.41, 5.74) is 4.45. The zero-order chi connectivity index (χ0) is 21.1. The van der Waals surface area contributed by atoms with E-state index >= 15 is 0 Å². The molecule has 0 aliphatic carbocycles. The number of carboxylic acid groups (broad SMARTS) is 1. The van der Waals surface area contributed by atoms with Crippen molar-refractivity contribution < 1.29 is 19.1 Å². The van der Waals surface area contributed by atoms with Gasteiger partial charge in [0.2, 0.25) is 0 Å². The topological polar surface area (TPSA) is 105 Å². The summed E-state index contributed by atoms with van der Waals surface area (Å²) >= 11 is 0. The van der Waals surface area contributed by atoms with Crippen LogP contribution in [0.25, 0.3) is 33.4 Å². The van der Waals surface area contributed by atoms with Gasteiger partial charge in [0.1, 0.15) is 17.7 Å². The van der Waals surface area contributed by atoms with Crippen molar-refractivity contribution >= 4 is 16.9 Å². The monoisotopic (exact) mass is 404 g/mol. The molecule has 4 aromatic rings. The first kappa shape index (κ1) is 19.4. The number of ether oxygens (including phenoxy) is 1. The highest BCUT2D eigenvalue weighted by Crippen LogP contribution is 2.32. The lowest BCUT2D eigenvalue weighted by molar-refractivity contribution is -0.137. The van der Waals surface area contributed by atoms with Gasteiger partial charge in [-0.2, -0.15) is 0 Å². The Bertz CT molecular complexity index is 1240. The number of H-pyrrole nitrogens is 1. The van der Waals surface area contributed by atoms with E-state index in [2.05, 4.69) is 9.97 Å². The fraction of sp³-hybridized carbons (Fsp3) is 0.174. The van der Waals surface area contributed by atoms with Crippen molar-refractivity contribution in [2.24, 2.45) is 0 Å². The number of carboxylic acids is 1. The predicted molar refractivity (Wildman–Crippen MR) is 113 cm³/mol. The molecule has 152 valence electrons. The van der Waals surface area contributed by atoms with Crippen molar-refractivity contribution in [3.63, 3.8) is 0 Å².